The number of methoxy groups -OCH3 is 1. The van der Waals surface area contributed by atoms with Gasteiger partial charge < -0.3 is 19.7 Å². The Bertz CT molecular complexity index is 426. The van der Waals surface area contributed by atoms with Crippen LogP contribution in [-0.2, 0) is 9.47 Å². The van der Waals surface area contributed by atoms with E-state index in [2.05, 4.69) is 27.0 Å². The van der Waals surface area contributed by atoms with Crippen LogP contribution in [0.1, 0.15) is 44.9 Å². The normalized spacial score (nSPS) is 27.2. The minimum absolute atomic E-state index is 0.110. The lowest BCUT2D eigenvalue weighted by Gasteiger charge is -2.46. The fourth-order valence-electron chi connectivity index (χ4n) is 4.29. The van der Waals surface area contributed by atoms with Crippen LogP contribution in [0.4, 0.5) is 0 Å². The Hall–Kier alpha value is -0.460. The number of thioether (sulfide) groups is 1. The molecule has 0 unspecified atom stereocenters. The molecule has 0 amide bonds. The van der Waals surface area contributed by atoms with E-state index in [-0.39, 0.29) is 5.60 Å². The average molecular weight is 356 g/mol. The molecular formula is C18H33N3O2S. The smallest absolute Gasteiger partial charge is 0.193 e. The SMILES string of the molecule is CN=C(NCC1(OC)CCOCC1)N1CCSC2(CCCCC2)C1. The van der Waals surface area contributed by atoms with Gasteiger partial charge in [0.2, 0.25) is 0 Å². The van der Waals surface area contributed by atoms with Crippen molar-refractivity contribution in [3.63, 3.8) is 0 Å². The number of nitrogens with zero attached hydrogens (tertiary/aromatic N) is 2. The lowest BCUT2D eigenvalue weighted by atomic mass is 9.87. The van der Waals surface area contributed by atoms with Crippen LogP contribution in [-0.4, -0.2) is 74.0 Å². The van der Waals surface area contributed by atoms with Gasteiger partial charge in [-0.3, -0.25) is 4.99 Å². The summed E-state index contributed by atoms with van der Waals surface area (Å²) in [6.07, 6.45) is 8.82. The molecular weight excluding hydrogens is 322 g/mol. The Morgan fingerprint density at radius 1 is 1.21 bits per heavy atom. The molecule has 0 aromatic rings. The van der Waals surface area contributed by atoms with Crippen molar-refractivity contribution in [3.05, 3.63) is 0 Å². The highest BCUT2D eigenvalue weighted by Gasteiger charge is 2.39. The molecule has 0 aromatic carbocycles. The van der Waals surface area contributed by atoms with Gasteiger partial charge in [-0.1, -0.05) is 19.3 Å². The van der Waals surface area contributed by atoms with E-state index >= 15 is 0 Å². The topological polar surface area (TPSA) is 46.1 Å². The quantitative estimate of drug-likeness (QED) is 0.623. The van der Waals surface area contributed by atoms with Crippen LogP contribution in [0.25, 0.3) is 0 Å². The summed E-state index contributed by atoms with van der Waals surface area (Å²) in [6, 6.07) is 0. The van der Waals surface area contributed by atoms with Crippen molar-refractivity contribution in [3.8, 4) is 0 Å². The van der Waals surface area contributed by atoms with Crippen LogP contribution >= 0.6 is 11.8 Å². The van der Waals surface area contributed by atoms with Crippen molar-refractivity contribution in [1.29, 1.82) is 0 Å². The molecule has 3 rings (SSSR count). The van der Waals surface area contributed by atoms with E-state index in [0.717, 1.165) is 51.6 Å². The second-order valence-corrected chi connectivity index (χ2v) is 8.98. The summed E-state index contributed by atoms with van der Waals surface area (Å²) in [4.78, 5) is 7.05. The standard InChI is InChI=1S/C18H33N3O2S/c1-19-16(20-14-17(22-2)8-11-23-12-9-17)21-10-13-24-18(15-21)6-4-3-5-7-18/h3-15H2,1-2H3,(H,19,20). The van der Waals surface area contributed by atoms with Crippen LogP contribution in [0, 0.1) is 0 Å². The van der Waals surface area contributed by atoms with Gasteiger partial charge >= 0.3 is 0 Å². The van der Waals surface area contributed by atoms with Crippen LogP contribution < -0.4 is 5.32 Å². The zero-order valence-electron chi connectivity index (χ0n) is 15.3. The van der Waals surface area contributed by atoms with Crippen LogP contribution in [0.3, 0.4) is 0 Å². The highest BCUT2D eigenvalue weighted by Crippen LogP contribution is 2.42. The number of nitrogens with one attached hydrogen (secondary N) is 1. The summed E-state index contributed by atoms with van der Waals surface area (Å²) < 4.78 is 11.8. The fourth-order valence-corrected chi connectivity index (χ4v) is 5.86. The van der Waals surface area contributed by atoms with Gasteiger partial charge in [-0.25, -0.2) is 0 Å². The number of aliphatic imine (C=N–C) groups is 1. The maximum atomic E-state index is 5.85. The van der Waals surface area contributed by atoms with E-state index in [1.165, 1.54) is 37.9 Å². The summed E-state index contributed by atoms with van der Waals surface area (Å²) in [6.45, 7) is 4.63. The lowest BCUT2D eigenvalue weighted by Crippen LogP contribution is -2.56. The van der Waals surface area contributed by atoms with Gasteiger partial charge in [0.25, 0.3) is 0 Å². The molecule has 0 atom stereocenters. The lowest BCUT2D eigenvalue weighted by molar-refractivity contribution is -0.0857. The first-order valence-corrected chi connectivity index (χ1v) is 10.4. The van der Waals surface area contributed by atoms with Crippen LogP contribution in [0.2, 0.25) is 0 Å². The third kappa shape index (κ3) is 4.20. The summed E-state index contributed by atoms with van der Waals surface area (Å²) >= 11 is 2.20. The highest BCUT2D eigenvalue weighted by atomic mass is 32.2. The van der Waals surface area contributed by atoms with Gasteiger partial charge in [-0.05, 0) is 12.8 Å². The third-order valence-corrected chi connectivity index (χ3v) is 7.47. The van der Waals surface area contributed by atoms with Crippen molar-refractivity contribution < 1.29 is 9.47 Å². The molecule has 0 radical (unpaired) electrons. The van der Waals surface area contributed by atoms with Gasteiger partial charge in [-0.15, -0.1) is 0 Å². The Morgan fingerprint density at radius 3 is 2.62 bits per heavy atom. The molecule has 138 valence electrons. The van der Waals surface area contributed by atoms with Gasteiger partial charge in [0.15, 0.2) is 5.96 Å². The zero-order chi connectivity index (χ0) is 16.9. The second-order valence-electron chi connectivity index (χ2n) is 7.41. The largest absolute Gasteiger partial charge is 0.381 e. The minimum atomic E-state index is -0.110. The van der Waals surface area contributed by atoms with E-state index in [1.807, 2.05) is 14.2 Å². The summed E-state index contributed by atoms with van der Waals surface area (Å²) in [5.41, 5.74) is -0.110. The number of rotatable bonds is 3. The van der Waals surface area contributed by atoms with Gasteiger partial charge in [0, 0.05) is 70.3 Å². The molecule has 6 heteroatoms. The van der Waals surface area contributed by atoms with Gasteiger partial charge in [-0.2, -0.15) is 11.8 Å². The van der Waals surface area contributed by atoms with Crippen molar-refractivity contribution in [2.75, 3.05) is 52.8 Å². The van der Waals surface area contributed by atoms with Crippen molar-refractivity contribution in [1.82, 2.24) is 10.2 Å². The van der Waals surface area contributed by atoms with Gasteiger partial charge in [0.05, 0.1) is 5.60 Å². The molecule has 1 aliphatic carbocycles. The first-order chi connectivity index (χ1) is 11.7. The second kappa shape index (κ2) is 8.28. The van der Waals surface area contributed by atoms with Crippen molar-refractivity contribution >= 4 is 17.7 Å². The van der Waals surface area contributed by atoms with Crippen molar-refractivity contribution in [2.45, 2.75) is 55.3 Å². The summed E-state index contributed by atoms with van der Waals surface area (Å²) in [5, 5.41) is 3.61. The molecule has 3 fully saturated rings. The number of hydrogen-bond donors (Lipinski definition) is 1. The average Bonchev–Trinajstić information content (AvgIpc) is 2.64. The Labute approximate surface area is 150 Å². The Kier molecular flexibility index (Phi) is 6.33. The maximum absolute atomic E-state index is 5.85. The number of hydrogen-bond acceptors (Lipinski definition) is 4. The summed E-state index contributed by atoms with van der Waals surface area (Å²) in [7, 11) is 3.73. The predicted molar refractivity (Wildman–Crippen MR) is 101 cm³/mol. The number of guanidine groups is 1. The minimum Gasteiger partial charge on any atom is -0.381 e. The molecule has 5 nitrogen and oxygen atoms in total. The predicted octanol–water partition coefficient (Wildman–Crippen LogP) is 2.51. The summed E-state index contributed by atoms with van der Waals surface area (Å²) in [5.74, 6) is 2.26. The van der Waals surface area contributed by atoms with Crippen LogP contribution in [0.15, 0.2) is 4.99 Å². The third-order valence-electron chi connectivity index (χ3n) is 5.93. The molecule has 1 spiro atoms. The van der Waals surface area contributed by atoms with E-state index in [0.29, 0.717) is 4.75 Å². The van der Waals surface area contributed by atoms with Gasteiger partial charge in [0.1, 0.15) is 0 Å². The Balaban J connectivity index is 1.59. The van der Waals surface area contributed by atoms with E-state index < -0.39 is 0 Å². The zero-order valence-corrected chi connectivity index (χ0v) is 16.1. The first kappa shape index (κ1) is 18.3. The molecule has 2 aliphatic heterocycles. The molecule has 0 bridgehead atoms. The van der Waals surface area contributed by atoms with E-state index in [1.54, 1.807) is 0 Å². The molecule has 3 aliphatic rings. The molecule has 0 aromatic heterocycles. The molecule has 1 N–H and O–H groups in total. The Morgan fingerprint density at radius 2 is 1.96 bits per heavy atom. The van der Waals surface area contributed by atoms with E-state index in [9.17, 15) is 0 Å². The monoisotopic (exact) mass is 355 g/mol. The van der Waals surface area contributed by atoms with Crippen LogP contribution in [0.5, 0.6) is 0 Å². The molecule has 2 heterocycles. The first-order valence-electron chi connectivity index (χ1n) is 9.43. The van der Waals surface area contributed by atoms with Crippen molar-refractivity contribution in [2.24, 2.45) is 4.99 Å². The fraction of sp³-hybridized carbons (Fsp3) is 0.944. The number of ether oxygens (including phenoxy) is 2. The molecule has 2 saturated heterocycles. The molecule has 24 heavy (non-hydrogen) atoms. The molecule has 1 saturated carbocycles. The van der Waals surface area contributed by atoms with E-state index in [4.69, 9.17) is 9.47 Å². The highest BCUT2D eigenvalue weighted by molar-refractivity contribution is 8.00. The maximum Gasteiger partial charge on any atom is 0.193 e.